The Balaban J connectivity index is 1.65. The van der Waals surface area contributed by atoms with Gasteiger partial charge in [-0.3, -0.25) is 4.79 Å². The Labute approximate surface area is 144 Å². The van der Waals surface area contributed by atoms with Gasteiger partial charge in [-0.05, 0) is 34.9 Å². The van der Waals surface area contributed by atoms with Gasteiger partial charge in [-0.1, -0.05) is 54.6 Å². The molecule has 0 aliphatic carbocycles. The predicted octanol–water partition coefficient (Wildman–Crippen LogP) is 5.28. The van der Waals surface area contributed by atoms with Gasteiger partial charge in [0.15, 0.2) is 11.6 Å². The molecular formula is C21H15F2NO. The molecular weight excluding hydrogens is 320 g/mol. The maximum atomic E-state index is 13.1. The zero-order valence-corrected chi connectivity index (χ0v) is 13.2. The normalized spacial score (nSPS) is 10.8. The SMILES string of the molecule is O=C(C=Cc1ccc(-c2ccccc2)cc1)Nc1ccc(F)c(F)c1. The van der Waals surface area contributed by atoms with E-state index in [0.29, 0.717) is 0 Å². The van der Waals surface area contributed by atoms with E-state index in [2.05, 4.69) is 5.32 Å². The third-order valence-corrected chi connectivity index (χ3v) is 3.63. The van der Waals surface area contributed by atoms with Crippen LogP contribution in [0.5, 0.6) is 0 Å². The highest BCUT2D eigenvalue weighted by Crippen LogP contribution is 2.19. The average molecular weight is 335 g/mol. The lowest BCUT2D eigenvalue weighted by Crippen LogP contribution is -2.08. The number of rotatable bonds is 4. The lowest BCUT2D eigenvalue weighted by molar-refractivity contribution is -0.111. The van der Waals surface area contributed by atoms with Crippen LogP contribution in [0.2, 0.25) is 0 Å². The second-order valence-corrected chi connectivity index (χ2v) is 5.44. The van der Waals surface area contributed by atoms with E-state index >= 15 is 0 Å². The Morgan fingerprint density at radius 2 is 1.48 bits per heavy atom. The van der Waals surface area contributed by atoms with Crippen molar-refractivity contribution in [2.75, 3.05) is 5.32 Å². The Hall–Kier alpha value is -3.27. The first-order valence-electron chi connectivity index (χ1n) is 7.71. The van der Waals surface area contributed by atoms with E-state index in [1.807, 2.05) is 54.6 Å². The third-order valence-electron chi connectivity index (χ3n) is 3.63. The van der Waals surface area contributed by atoms with Crippen LogP contribution in [-0.2, 0) is 4.79 Å². The summed E-state index contributed by atoms with van der Waals surface area (Å²) in [4.78, 5) is 11.9. The summed E-state index contributed by atoms with van der Waals surface area (Å²) < 4.78 is 26.0. The molecule has 0 fully saturated rings. The van der Waals surface area contributed by atoms with Crippen molar-refractivity contribution in [3.8, 4) is 11.1 Å². The maximum Gasteiger partial charge on any atom is 0.248 e. The molecule has 1 N–H and O–H groups in total. The summed E-state index contributed by atoms with van der Waals surface area (Å²) in [7, 11) is 0. The van der Waals surface area contributed by atoms with E-state index in [1.54, 1.807) is 6.08 Å². The van der Waals surface area contributed by atoms with E-state index in [0.717, 1.165) is 28.8 Å². The van der Waals surface area contributed by atoms with Gasteiger partial charge in [-0.25, -0.2) is 8.78 Å². The van der Waals surface area contributed by atoms with Gasteiger partial charge in [-0.15, -0.1) is 0 Å². The molecule has 3 aromatic rings. The van der Waals surface area contributed by atoms with Crippen molar-refractivity contribution in [3.63, 3.8) is 0 Å². The Bertz CT molecular complexity index is 903. The van der Waals surface area contributed by atoms with Crippen LogP contribution in [0, 0.1) is 11.6 Å². The van der Waals surface area contributed by atoms with Crippen LogP contribution < -0.4 is 5.32 Å². The van der Waals surface area contributed by atoms with Gasteiger partial charge in [0.2, 0.25) is 5.91 Å². The number of benzene rings is 3. The maximum absolute atomic E-state index is 13.1. The first-order valence-corrected chi connectivity index (χ1v) is 7.71. The third kappa shape index (κ3) is 4.38. The smallest absolute Gasteiger partial charge is 0.248 e. The van der Waals surface area contributed by atoms with Gasteiger partial charge in [0.05, 0.1) is 0 Å². The minimum Gasteiger partial charge on any atom is -0.322 e. The summed E-state index contributed by atoms with van der Waals surface area (Å²) in [5.41, 5.74) is 3.27. The lowest BCUT2D eigenvalue weighted by Gasteiger charge is -2.03. The van der Waals surface area contributed by atoms with E-state index in [9.17, 15) is 13.6 Å². The number of anilines is 1. The van der Waals surface area contributed by atoms with Crippen molar-refractivity contribution in [2.45, 2.75) is 0 Å². The van der Waals surface area contributed by atoms with Crippen LogP contribution >= 0.6 is 0 Å². The van der Waals surface area contributed by atoms with Gasteiger partial charge in [0.1, 0.15) is 0 Å². The predicted molar refractivity (Wildman–Crippen MR) is 95.9 cm³/mol. The van der Waals surface area contributed by atoms with Crippen molar-refractivity contribution in [2.24, 2.45) is 0 Å². The zero-order valence-electron chi connectivity index (χ0n) is 13.2. The Kier molecular flexibility index (Phi) is 5.00. The average Bonchev–Trinajstić information content (AvgIpc) is 2.64. The van der Waals surface area contributed by atoms with E-state index in [-0.39, 0.29) is 5.69 Å². The largest absolute Gasteiger partial charge is 0.322 e. The Morgan fingerprint density at radius 3 is 2.16 bits per heavy atom. The number of hydrogen-bond acceptors (Lipinski definition) is 1. The second-order valence-electron chi connectivity index (χ2n) is 5.44. The number of carbonyl (C=O) groups excluding carboxylic acids is 1. The quantitative estimate of drug-likeness (QED) is 0.645. The molecule has 0 bridgehead atoms. The fourth-order valence-electron chi connectivity index (χ4n) is 2.35. The molecule has 0 heterocycles. The second kappa shape index (κ2) is 7.53. The van der Waals surface area contributed by atoms with E-state index in [1.165, 1.54) is 12.1 Å². The van der Waals surface area contributed by atoms with Crippen LogP contribution in [0.3, 0.4) is 0 Å². The van der Waals surface area contributed by atoms with Crippen LogP contribution in [0.1, 0.15) is 5.56 Å². The first-order chi connectivity index (χ1) is 12.1. The summed E-state index contributed by atoms with van der Waals surface area (Å²) in [6.45, 7) is 0. The molecule has 124 valence electrons. The summed E-state index contributed by atoms with van der Waals surface area (Å²) in [6, 6.07) is 21.0. The van der Waals surface area contributed by atoms with Gasteiger partial charge in [-0.2, -0.15) is 0 Å². The van der Waals surface area contributed by atoms with Gasteiger partial charge >= 0.3 is 0 Å². The van der Waals surface area contributed by atoms with Crippen molar-refractivity contribution >= 4 is 17.7 Å². The minimum atomic E-state index is -1.00. The zero-order chi connectivity index (χ0) is 17.6. The number of hydrogen-bond donors (Lipinski definition) is 1. The van der Waals surface area contributed by atoms with Gasteiger partial charge in [0, 0.05) is 17.8 Å². The van der Waals surface area contributed by atoms with Crippen LogP contribution in [0.25, 0.3) is 17.2 Å². The molecule has 0 saturated carbocycles. The molecule has 0 spiro atoms. The number of halogens is 2. The molecule has 25 heavy (non-hydrogen) atoms. The highest BCUT2D eigenvalue weighted by molar-refractivity contribution is 6.01. The van der Waals surface area contributed by atoms with E-state index in [4.69, 9.17) is 0 Å². The molecule has 3 rings (SSSR count). The standard InChI is InChI=1S/C21H15F2NO/c22-19-12-11-18(14-20(19)23)24-21(25)13-8-15-6-9-17(10-7-15)16-4-2-1-3-5-16/h1-14H,(H,24,25). The van der Waals surface area contributed by atoms with Crippen molar-refractivity contribution in [1.82, 2.24) is 0 Å². The van der Waals surface area contributed by atoms with Crippen LogP contribution in [-0.4, -0.2) is 5.91 Å². The molecule has 0 unspecified atom stereocenters. The van der Waals surface area contributed by atoms with Crippen LogP contribution in [0.4, 0.5) is 14.5 Å². The minimum absolute atomic E-state index is 0.202. The highest BCUT2D eigenvalue weighted by Gasteiger charge is 2.04. The molecule has 0 aliphatic heterocycles. The van der Waals surface area contributed by atoms with Gasteiger partial charge in [0.25, 0.3) is 0 Å². The topological polar surface area (TPSA) is 29.1 Å². The molecule has 4 heteroatoms. The molecule has 3 aromatic carbocycles. The highest BCUT2D eigenvalue weighted by atomic mass is 19.2. The summed E-state index contributed by atoms with van der Waals surface area (Å²) in [6.07, 6.45) is 3.00. The summed E-state index contributed by atoms with van der Waals surface area (Å²) >= 11 is 0. The molecule has 0 radical (unpaired) electrons. The van der Waals surface area contributed by atoms with E-state index < -0.39 is 17.5 Å². The number of carbonyl (C=O) groups is 1. The molecule has 2 nitrogen and oxygen atoms in total. The molecule has 0 saturated heterocycles. The fraction of sp³-hybridized carbons (Fsp3) is 0. The van der Waals surface area contributed by atoms with Crippen molar-refractivity contribution in [1.29, 1.82) is 0 Å². The number of nitrogens with one attached hydrogen (secondary N) is 1. The monoisotopic (exact) mass is 335 g/mol. The Morgan fingerprint density at radius 1 is 0.800 bits per heavy atom. The summed E-state index contributed by atoms with van der Waals surface area (Å²) in [5, 5.41) is 2.49. The molecule has 0 aliphatic rings. The first kappa shape index (κ1) is 16.6. The van der Waals surface area contributed by atoms with Crippen molar-refractivity contribution in [3.05, 3.63) is 96.1 Å². The molecule has 0 atom stereocenters. The molecule has 1 amide bonds. The molecule has 0 aromatic heterocycles. The summed E-state index contributed by atoms with van der Waals surface area (Å²) in [5.74, 6) is -2.37. The fourth-order valence-corrected chi connectivity index (χ4v) is 2.35. The lowest BCUT2D eigenvalue weighted by atomic mass is 10.0. The van der Waals surface area contributed by atoms with Crippen molar-refractivity contribution < 1.29 is 13.6 Å². The van der Waals surface area contributed by atoms with Crippen LogP contribution in [0.15, 0.2) is 78.9 Å². The van der Waals surface area contributed by atoms with Gasteiger partial charge < -0.3 is 5.32 Å². The number of amides is 1.